The number of likely N-dealkylation sites (tertiary alicyclic amines) is 3. The van der Waals surface area contributed by atoms with Crippen molar-refractivity contribution in [1.29, 1.82) is 0 Å². The number of piperidine rings is 3. The molecule has 7 aliphatic heterocycles. The number of rotatable bonds is 26. The molecule has 10 nitrogen and oxygen atoms in total. The van der Waals surface area contributed by atoms with Crippen LogP contribution in [0.15, 0.2) is 0 Å². The molecule has 7 saturated heterocycles. The van der Waals surface area contributed by atoms with E-state index in [0.29, 0.717) is 36.1 Å². The minimum absolute atomic E-state index is 0.355. The van der Waals surface area contributed by atoms with Crippen molar-refractivity contribution < 1.29 is 33.2 Å². The van der Waals surface area contributed by atoms with Crippen molar-refractivity contribution in [3.05, 3.63) is 0 Å². The summed E-state index contributed by atoms with van der Waals surface area (Å²) in [6.07, 6.45) is 75.3. The molecule has 129 heavy (non-hydrogen) atoms. The third-order valence-electron chi connectivity index (χ3n) is 30.3. The van der Waals surface area contributed by atoms with Gasteiger partial charge in [-0.2, -0.15) is 0 Å². The molecule has 14 aliphatic rings. The Labute approximate surface area is 810 Å². The lowest BCUT2D eigenvalue weighted by molar-refractivity contribution is -0.0944. The minimum Gasteiger partial charge on any atom is -0.381 e. The van der Waals surface area contributed by atoms with Crippen molar-refractivity contribution in [3.63, 3.8) is 0 Å². The van der Waals surface area contributed by atoms with Gasteiger partial charge >= 0.3 is 0 Å². The van der Waals surface area contributed by atoms with Gasteiger partial charge in [0.05, 0.1) is 77.8 Å². The van der Waals surface area contributed by atoms with Gasteiger partial charge in [-0.25, -0.2) is 0 Å². The summed E-state index contributed by atoms with van der Waals surface area (Å²) < 4.78 is 37.5. The molecular formula is C119H237N3O7. The highest BCUT2D eigenvalue weighted by Gasteiger charge is 2.31. The lowest BCUT2D eigenvalue weighted by atomic mass is 9.80. The van der Waals surface area contributed by atoms with Crippen LogP contribution in [0.5, 0.6) is 0 Å². The van der Waals surface area contributed by atoms with E-state index in [1.54, 1.807) is 0 Å². The summed E-state index contributed by atoms with van der Waals surface area (Å²) in [5, 5.41) is 0. The summed E-state index contributed by atoms with van der Waals surface area (Å²) >= 11 is 0. The smallest absolute Gasteiger partial charge is 0.0812 e. The Morgan fingerprint density at radius 2 is 0.372 bits per heavy atom. The summed E-state index contributed by atoms with van der Waals surface area (Å²) in [4.78, 5) is 7.99. The normalized spacial score (nSPS) is 24.7. The summed E-state index contributed by atoms with van der Waals surface area (Å²) in [7, 11) is 2.23. The molecule has 0 aromatic carbocycles. The van der Waals surface area contributed by atoms with Crippen molar-refractivity contribution in [3.8, 4) is 0 Å². The van der Waals surface area contributed by atoms with Gasteiger partial charge in [0.25, 0.3) is 0 Å². The van der Waals surface area contributed by atoms with Crippen LogP contribution in [0.3, 0.4) is 0 Å². The fourth-order valence-electron chi connectivity index (χ4n) is 23.6. The van der Waals surface area contributed by atoms with Crippen LogP contribution in [-0.2, 0) is 33.2 Å². The summed E-state index contributed by atoms with van der Waals surface area (Å²) in [5.74, 6) is 19.6. The molecule has 0 spiro atoms. The summed E-state index contributed by atoms with van der Waals surface area (Å²) in [5.41, 5.74) is 0. The van der Waals surface area contributed by atoms with E-state index in [-0.39, 0.29) is 0 Å². The van der Waals surface area contributed by atoms with Gasteiger partial charge in [0, 0.05) is 25.3 Å². The van der Waals surface area contributed by atoms with Crippen LogP contribution in [0, 0.1) is 124 Å². The Bertz CT molecular complexity index is 2040. The topological polar surface area (TPSA) is 74.3 Å². The van der Waals surface area contributed by atoms with Crippen LogP contribution in [0.4, 0.5) is 0 Å². The molecule has 14 fully saturated rings. The highest BCUT2D eigenvalue weighted by Crippen LogP contribution is 2.37. The second kappa shape index (κ2) is 78.3. The first-order valence-electron chi connectivity index (χ1n) is 58.1. The first-order chi connectivity index (χ1) is 61.8. The minimum atomic E-state index is 0.355. The second-order valence-electron chi connectivity index (χ2n) is 49.7. The quantitative estimate of drug-likeness (QED) is 0.0836. The Kier molecular flexibility index (Phi) is 74.5. The average molecular weight is 1820 g/mol. The molecule has 4 atom stereocenters. The lowest BCUT2D eigenvalue weighted by Crippen LogP contribution is -2.44. The maximum Gasteiger partial charge on any atom is 0.0812 e. The Balaban J connectivity index is 0.000000364. The van der Waals surface area contributed by atoms with Crippen molar-refractivity contribution in [1.82, 2.24) is 14.7 Å². The third kappa shape index (κ3) is 70.0. The SMILES string of the molecule is CC(C)CC1CCC1.CC(C)CC1CCCCC1.CC(C)CC1CCCCC1.CC(C)CC1CCCCC1.CC(C)CC1CCCCC1.CC(C)CC1CCCOC1.CC(C)CC1CCN(C)CC1.CC(C)CC1CCN(C2CCC2)CC1.CC(C)CC1CCN(C2CCCCC2)CC1.CC(C)CC1COCCO1.CC(C)C[C@@H]1COCCO1.CC(C)C[C@H]1COCCO1. The summed E-state index contributed by atoms with van der Waals surface area (Å²) in [6.45, 7) is 72.5. The van der Waals surface area contributed by atoms with Crippen molar-refractivity contribution in [2.24, 2.45) is 124 Å². The van der Waals surface area contributed by atoms with Crippen LogP contribution in [0.25, 0.3) is 0 Å². The van der Waals surface area contributed by atoms with E-state index in [0.717, 1.165) is 211 Å². The van der Waals surface area contributed by atoms with Gasteiger partial charge in [-0.15, -0.1) is 0 Å². The number of nitrogens with zero attached hydrogens (tertiary/aromatic N) is 3. The van der Waals surface area contributed by atoms with Gasteiger partial charge in [0.15, 0.2) is 0 Å². The van der Waals surface area contributed by atoms with Crippen LogP contribution in [0.1, 0.15) is 494 Å². The van der Waals surface area contributed by atoms with E-state index in [9.17, 15) is 0 Å². The monoisotopic (exact) mass is 1820 g/mol. The maximum absolute atomic E-state index is 5.46. The van der Waals surface area contributed by atoms with Crippen molar-refractivity contribution in [2.75, 3.05) is 119 Å². The molecule has 0 bridgehead atoms. The highest BCUT2D eigenvalue weighted by atomic mass is 16.6. The molecule has 10 heteroatoms. The van der Waals surface area contributed by atoms with Gasteiger partial charge in [0.1, 0.15) is 0 Å². The fourth-order valence-corrected chi connectivity index (χ4v) is 23.6. The molecule has 0 aromatic rings. The first-order valence-corrected chi connectivity index (χ1v) is 58.1. The average Bonchev–Trinajstić information content (AvgIpc) is 0.842. The van der Waals surface area contributed by atoms with Crippen LogP contribution in [-0.4, -0.2) is 164 Å². The molecule has 7 aliphatic carbocycles. The second-order valence-corrected chi connectivity index (χ2v) is 49.7. The zero-order chi connectivity index (χ0) is 94.8. The van der Waals surface area contributed by atoms with E-state index < -0.39 is 0 Å². The van der Waals surface area contributed by atoms with Gasteiger partial charge in [-0.05, 0) is 325 Å². The zero-order valence-electron chi connectivity index (χ0n) is 92.3. The standard InChI is InChI=1S/C15H29N.C13H25N.C10H21N.4C10H20.C9H18O.3C8H16O2.C8H16/c1-13(2)12-14-8-10-16(11-9-14)15-6-4-3-5-7-15;1-11(2)10-12-6-8-14(9-7-12)13-4-3-5-13;1-9(2)8-10-4-6-11(3)7-5-10;4*1-9(2)8-10-6-4-3-5-7-10;1-8(2)6-9-4-3-5-10-7-9;3*1-7(2)5-8-6-9-3-4-10-8;1-7(2)6-8-4-3-5-8/h13-15H,3-12H2,1-2H3;11-13H,3-10H2,1-2H3;9-10H,4-8H2,1-3H3;4*9-10H,3-8H2,1-2H3;8-9H,3-7H2,1-2H3;3*7-8H,3-6H2,1-2H3;7-8H,3-6H2,1-2H3/t;;;;;;;;2*8-;;/m........10../s1. The molecule has 2 unspecified atom stereocenters. The molecule has 770 valence electrons. The highest BCUT2D eigenvalue weighted by molar-refractivity contribution is 4.85. The van der Waals surface area contributed by atoms with Crippen LogP contribution in [0.2, 0.25) is 0 Å². The van der Waals surface area contributed by atoms with Gasteiger partial charge in [-0.1, -0.05) is 340 Å². The Morgan fingerprint density at radius 3 is 0.566 bits per heavy atom. The molecule has 0 aromatic heterocycles. The molecule has 0 N–H and O–H groups in total. The van der Waals surface area contributed by atoms with Crippen LogP contribution >= 0.6 is 0 Å². The fraction of sp³-hybridized carbons (Fsp3) is 1.00. The molecule has 14 rings (SSSR count). The first kappa shape index (κ1) is 123. The van der Waals surface area contributed by atoms with Crippen molar-refractivity contribution in [2.45, 2.75) is 524 Å². The lowest BCUT2D eigenvalue weighted by Gasteiger charge is -2.42. The number of ether oxygens (including phenoxy) is 7. The number of hydrogen-bond donors (Lipinski definition) is 0. The van der Waals surface area contributed by atoms with Crippen LogP contribution < -0.4 is 0 Å². The molecule has 7 saturated carbocycles. The van der Waals surface area contributed by atoms with E-state index >= 15 is 0 Å². The van der Waals surface area contributed by atoms with Crippen molar-refractivity contribution >= 4 is 0 Å². The largest absolute Gasteiger partial charge is 0.381 e. The van der Waals surface area contributed by atoms with Gasteiger partial charge < -0.3 is 47.9 Å². The third-order valence-corrected chi connectivity index (χ3v) is 30.3. The van der Waals surface area contributed by atoms with E-state index in [4.69, 9.17) is 33.2 Å². The van der Waals surface area contributed by atoms with Gasteiger partial charge in [0.2, 0.25) is 0 Å². The summed E-state index contributed by atoms with van der Waals surface area (Å²) in [6, 6.07) is 1.93. The Morgan fingerprint density at radius 1 is 0.178 bits per heavy atom. The van der Waals surface area contributed by atoms with Gasteiger partial charge in [-0.3, -0.25) is 0 Å². The predicted molar refractivity (Wildman–Crippen MR) is 566 cm³/mol. The zero-order valence-corrected chi connectivity index (χ0v) is 92.3. The molecule has 0 radical (unpaired) electrons. The molecule has 0 amide bonds. The predicted octanol–water partition coefficient (Wildman–Crippen LogP) is 33.8. The molecule has 7 heterocycles. The molecular weight excluding hydrogens is 1580 g/mol. The van der Waals surface area contributed by atoms with E-state index in [2.05, 4.69) is 188 Å². The number of hydrogen-bond acceptors (Lipinski definition) is 10. The Hall–Kier alpha value is -0.400. The van der Waals surface area contributed by atoms with E-state index in [1.165, 1.54) is 347 Å². The maximum atomic E-state index is 5.46. The van der Waals surface area contributed by atoms with E-state index in [1.807, 2.05) is 0 Å².